The van der Waals surface area contributed by atoms with E-state index in [1.165, 1.54) is 11.1 Å². The second-order valence-electron chi connectivity index (χ2n) is 9.60. The topological polar surface area (TPSA) is 64.0 Å². The molecule has 35 heavy (non-hydrogen) atoms. The molecule has 0 saturated heterocycles. The minimum absolute atomic E-state index is 0.215. The summed E-state index contributed by atoms with van der Waals surface area (Å²) >= 11 is 0. The average molecular weight is 481 g/mol. The molecule has 1 aliphatic heterocycles. The molecule has 0 bridgehead atoms. The van der Waals surface area contributed by atoms with Gasteiger partial charge in [-0.15, -0.1) is 0 Å². The summed E-state index contributed by atoms with van der Waals surface area (Å²) in [4.78, 5) is 2.42. The van der Waals surface area contributed by atoms with Crippen molar-refractivity contribution in [2.45, 2.75) is 64.0 Å². The van der Waals surface area contributed by atoms with Gasteiger partial charge in [0.2, 0.25) is 0 Å². The highest BCUT2D eigenvalue weighted by molar-refractivity contribution is 5.49. The van der Waals surface area contributed by atoms with E-state index in [0.29, 0.717) is 17.5 Å². The lowest BCUT2D eigenvalue weighted by atomic mass is 9.67. The van der Waals surface area contributed by atoms with Crippen LogP contribution in [0.25, 0.3) is 0 Å². The van der Waals surface area contributed by atoms with Crippen molar-refractivity contribution in [2.24, 2.45) is 5.92 Å². The van der Waals surface area contributed by atoms with E-state index in [1.54, 1.807) is 28.4 Å². The molecule has 0 spiro atoms. The third-order valence-corrected chi connectivity index (χ3v) is 7.86. The van der Waals surface area contributed by atoms with Crippen molar-refractivity contribution >= 4 is 0 Å². The van der Waals surface area contributed by atoms with Crippen molar-refractivity contribution < 1.29 is 18.9 Å². The number of rotatable bonds is 11. The van der Waals surface area contributed by atoms with Crippen LogP contribution in [-0.4, -0.2) is 46.4 Å². The highest BCUT2D eigenvalue weighted by Crippen LogP contribution is 2.42. The average Bonchev–Trinajstić information content (AvgIpc) is 2.89. The molecule has 0 amide bonds. The van der Waals surface area contributed by atoms with Crippen molar-refractivity contribution in [1.29, 1.82) is 5.26 Å². The Balaban J connectivity index is 1.80. The summed E-state index contributed by atoms with van der Waals surface area (Å²) in [6.07, 6.45) is 4.68. The summed E-state index contributed by atoms with van der Waals surface area (Å²) in [7, 11) is 8.82. The predicted octanol–water partition coefficient (Wildman–Crippen LogP) is 5.76. The molecule has 6 heteroatoms. The van der Waals surface area contributed by atoms with Gasteiger partial charge in [-0.3, -0.25) is 4.90 Å². The van der Waals surface area contributed by atoms with Crippen LogP contribution in [0.4, 0.5) is 0 Å². The Kier molecular flexibility index (Phi) is 8.91. The van der Waals surface area contributed by atoms with Crippen molar-refractivity contribution in [3.63, 3.8) is 0 Å². The number of hydrogen-bond donors (Lipinski definition) is 0. The standard InChI is InChI=1S/C29H40N2O4/c1-8-20(2)29(19-30,23-11-12-25(32-4)28(17-23)35-7)13-9-10-24-14-21-15-26(33-5)27(34-6)16-22(21)18-31(24)3/h11-12,15-17,20,24H,8-10,13-14,18H2,1-7H3. The number of ether oxygens (including phenoxy) is 4. The summed E-state index contributed by atoms with van der Waals surface area (Å²) in [6.45, 7) is 5.22. The minimum atomic E-state index is -0.573. The highest BCUT2D eigenvalue weighted by atomic mass is 16.5. The van der Waals surface area contributed by atoms with Crippen LogP contribution in [0.5, 0.6) is 23.0 Å². The zero-order chi connectivity index (χ0) is 25.6. The Hall–Kier alpha value is -2.91. The maximum Gasteiger partial charge on any atom is 0.161 e. The van der Waals surface area contributed by atoms with Crippen molar-refractivity contribution in [3.8, 4) is 29.1 Å². The molecule has 3 rings (SSSR count). The van der Waals surface area contributed by atoms with Crippen molar-refractivity contribution in [1.82, 2.24) is 4.90 Å². The molecule has 6 nitrogen and oxygen atoms in total. The first-order valence-corrected chi connectivity index (χ1v) is 12.4. The molecular weight excluding hydrogens is 440 g/mol. The lowest BCUT2D eigenvalue weighted by Crippen LogP contribution is -2.38. The van der Waals surface area contributed by atoms with Crippen molar-refractivity contribution in [2.75, 3.05) is 35.5 Å². The Morgan fingerprint density at radius 2 is 1.57 bits per heavy atom. The fourth-order valence-corrected chi connectivity index (χ4v) is 5.41. The lowest BCUT2D eigenvalue weighted by molar-refractivity contribution is 0.193. The van der Waals surface area contributed by atoms with Crippen LogP contribution in [0.3, 0.4) is 0 Å². The maximum atomic E-state index is 10.5. The third-order valence-electron chi connectivity index (χ3n) is 7.86. The zero-order valence-corrected chi connectivity index (χ0v) is 22.3. The van der Waals surface area contributed by atoms with E-state index in [4.69, 9.17) is 18.9 Å². The monoisotopic (exact) mass is 480 g/mol. The normalized spacial score (nSPS) is 18.1. The van der Waals surface area contributed by atoms with Crippen LogP contribution in [0.2, 0.25) is 0 Å². The smallest absolute Gasteiger partial charge is 0.161 e. The second kappa shape index (κ2) is 11.7. The second-order valence-corrected chi connectivity index (χ2v) is 9.60. The molecule has 190 valence electrons. The van der Waals surface area contributed by atoms with Gasteiger partial charge in [-0.25, -0.2) is 0 Å². The van der Waals surface area contributed by atoms with E-state index in [2.05, 4.69) is 44.0 Å². The van der Waals surface area contributed by atoms with Gasteiger partial charge in [-0.05, 0) is 79.6 Å². The van der Waals surface area contributed by atoms with E-state index in [0.717, 1.165) is 55.7 Å². The molecule has 0 saturated carbocycles. The van der Waals surface area contributed by atoms with Crippen LogP contribution >= 0.6 is 0 Å². The van der Waals surface area contributed by atoms with Gasteiger partial charge in [0.25, 0.3) is 0 Å². The molecule has 2 aromatic rings. The molecule has 2 aromatic carbocycles. The number of nitrogens with zero attached hydrogens (tertiary/aromatic N) is 2. The highest BCUT2D eigenvalue weighted by Gasteiger charge is 2.38. The van der Waals surface area contributed by atoms with Gasteiger partial charge >= 0.3 is 0 Å². The summed E-state index contributed by atoms with van der Waals surface area (Å²) in [5.74, 6) is 3.12. The fraction of sp³-hybridized carbons (Fsp3) is 0.552. The van der Waals surface area contributed by atoms with Crippen LogP contribution < -0.4 is 18.9 Å². The van der Waals surface area contributed by atoms with Gasteiger partial charge in [0.15, 0.2) is 23.0 Å². The molecule has 1 aliphatic rings. The van der Waals surface area contributed by atoms with Gasteiger partial charge in [0.05, 0.1) is 39.9 Å². The van der Waals surface area contributed by atoms with Gasteiger partial charge in [-0.1, -0.05) is 26.3 Å². The molecule has 3 atom stereocenters. The van der Waals surface area contributed by atoms with Gasteiger partial charge in [-0.2, -0.15) is 5.26 Å². The summed E-state index contributed by atoms with van der Waals surface area (Å²) in [6, 6.07) is 13.3. The van der Waals surface area contributed by atoms with Crippen LogP contribution in [-0.2, 0) is 18.4 Å². The molecule has 0 fully saturated rings. The van der Waals surface area contributed by atoms with Crippen LogP contribution in [0.15, 0.2) is 30.3 Å². The Morgan fingerprint density at radius 1 is 0.971 bits per heavy atom. The molecule has 0 aliphatic carbocycles. The van der Waals surface area contributed by atoms with E-state index < -0.39 is 5.41 Å². The largest absolute Gasteiger partial charge is 0.493 e. The summed E-state index contributed by atoms with van der Waals surface area (Å²) in [5.41, 5.74) is 3.04. The van der Waals surface area contributed by atoms with E-state index in [1.807, 2.05) is 18.2 Å². The van der Waals surface area contributed by atoms with Gasteiger partial charge < -0.3 is 18.9 Å². The Morgan fingerprint density at radius 3 is 2.14 bits per heavy atom. The Bertz CT molecular complexity index is 1050. The first-order valence-electron chi connectivity index (χ1n) is 12.4. The molecular formula is C29H40N2O4. The maximum absolute atomic E-state index is 10.5. The Labute approximate surface area is 210 Å². The van der Waals surface area contributed by atoms with Crippen LogP contribution in [0.1, 0.15) is 56.2 Å². The fourth-order valence-electron chi connectivity index (χ4n) is 5.41. The summed E-state index contributed by atoms with van der Waals surface area (Å²) in [5, 5.41) is 10.5. The lowest BCUT2D eigenvalue weighted by Gasteiger charge is -2.37. The molecule has 0 aromatic heterocycles. The summed E-state index contributed by atoms with van der Waals surface area (Å²) < 4.78 is 22.0. The number of nitriles is 1. The SMILES string of the molecule is CCC(C)C(C#N)(CCCC1Cc2cc(OC)c(OC)cc2CN1C)c1ccc(OC)c(OC)c1. The number of hydrogen-bond acceptors (Lipinski definition) is 6. The number of likely N-dealkylation sites (N-methyl/N-ethyl adjacent to an activating group) is 1. The minimum Gasteiger partial charge on any atom is -0.493 e. The van der Waals surface area contributed by atoms with Crippen molar-refractivity contribution in [3.05, 3.63) is 47.0 Å². The molecule has 3 unspecified atom stereocenters. The molecule has 0 radical (unpaired) electrons. The number of methoxy groups -OCH3 is 4. The predicted molar refractivity (Wildman–Crippen MR) is 139 cm³/mol. The van der Waals surface area contributed by atoms with E-state index in [-0.39, 0.29) is 5.92 Å². The number of benzene rings is 2. The van der Waals surface area contributed by atoms with Gasteiger partial charge in [0.1, 0.15) is 0 Å². The van der Waals surface area contributed by atoms with Gasteiger partial charge in [0, 0.05) is 12.6 Å². The first-order chi connectivity index (χ1) is 16.9. The van der Waals surface area contributed by atoms with E-state index in [9.17, 15) is 5.26 Å². The van der Waals surface area contributed by atoms with E-state index >= 15 is 0 Å². The third kappa shape index (κ3) is 5.36. The van der Waals surface area contributed by atoms with Crippen LogP contribution in [0, 0.1) is 17.2 Å². The molecule has 0 N–H and O–H groups in total. The first kappa shape index (κ1) is 26.7. The quantitative estimate of drug-likeness (QED) is 0.408. The molecule has 1 heterocycles. The zero-order valence-electron chi connectivity index (χ0n) is 22.3. The number of fused-ring (bicyclic) bond motifs is 1.